The van der Waals surface area contributed by atoms with Crippen molar-refractivity contribution in [3.63, 3.8) is 0 Å². The van der Waals surface area contributed by atoms with Gasteiger partial charge in [0, 0.05) is 131 Å². The zero-order chi connectivity index (χ0) is 101. The highest BCUT2D eigenvalue weighted by Crippen LogP contribution is 2.20. The SMILES string of the molecule is C.C.C.C.CC(C)(C)NCCCCNCC(=O)C(C)(C)C.CC(C)(C)NCCCOCCOCCOCCCNCC(=O)C(C)(C)C.CC(C)(C)NCCOCCOCCC(=O)C(C)(C)C.CC(C)(C)NCCOCCOCCNCC(=O)C(C)(C)C.CC(C)(C)NCCOCCOCCOCCC(=O)C(C)(C)C.CC(C)(C)NCCOCCOCCOCCOCCC(=O)C(C)(C)C. The molecule has 0 atom stereocenters. The first-order chi connectivity index (χ1) is 59.8. The van der Waals surface area contributed by atoms with E-state index < -0.39 is 0 Å². The Balaban J connectivity index is -0.000000172. The van der Waals surface area contributed by atoms with Crippen LogP contribution < -0.4 is 47.9 Å². The highest BCUT2D eigenvalue weighted by Gasteiger charge is 2.26. The maximum Gasteiger partial charge on any atom is 0.151 e. The Labute approximate surface area is 826 Å². The molecule has 812 valence electrons. The van der Waals surface area contributed by atoms with Crippen LogP contribution in [0.3, 0.4) is 0 Å². The standard InChI is InChI=1S/C20H42N2O4.C19H39NO5.C17H35NO4.C16H34N2O3.C15H31NO3.C14H30N2O.4CH4/c1-19(2,3)18(23)17-21-9-7-11-24-13-15-26-16-14-25-12-8-10-22-20(4,5)6;1-18(2,3)17(21)7-9-22-11-13-24-15-16-25-14-12-23-10-8-20-19(4,5)6;1-16(2,3)15(19)7-9-20-11-13-22-14-12-21-10-8-18-17(4,5)6;1-15(2,3)14(19)13-17-7-9-20-11-12-21-10-8-18-16(4,5)6;1-14(2,3)13(17)7-9-18-11-12-19-10-8-16-15(4,5)6;1-13(2,3)12(17)11-15-9-7-8-10-16-14(4,5)6;;;;/h21-22H,7-17H2,1-6H3;20H,7-16H2,1-6H3;18H,7-14H2,1-6H3;17-18H,7-13H2,1-6H3;16H,7-12H2,1-6H3;15-16H,7-11H2,1-6H3;4*1H4. The van der Waals surface area contributed by atoms with Crippen LogP contribution in [-0.4, -0.2) is 331 Å². The maximum absolute atomic E-state index is 11.7. The van der Waals surface area contributed by atoms with Gasteiger partial charge in [0.15, 0.2) is 17.3 Å². The van der Waals surface area contributed by atoms with Crippen molar-refractivity contribution in [2.45, 2.75) is 357 Å². The second-order valence-corrected chi connectivity index (χ2v) is 44.9. The van der Waals surface area contributed by atoms with E-state index in [9.17, 15) is 28.8 Å². The van der Waals surface area contributed by atoms with Gasteiger partial charge in [-0.1, -0.05) is 154 Å². The third-order valence-electron chi connectivity index (χ3n) is 17.9. The fourth-order valence-corrected chi connectivity index (χ4v) is 9.42. The van der Waals surface area contributed by atoms with E-state index in [-0.39, 0.29) is 130 Å². The van der Waals surface area contributed by atoms with Gasteiger partial charge in [0.2, 0.25) is 0 Å². The molecule has 0 saturated heterocycles. The van der Waals surface area contributed by atoms with Crippen LogP contribution in [0, 0.1) is 32.5 Å². The average Bonchev–Trinajstić information content (AvgIpc) is 0.936. The summed E-state index contributed by atoms with van der Waals surface area (Å²) in [6.07, 6.45) is 5.56. The Bertz CT molecular complexity index is 2650. The lowest BCUT2D eigenvalue weighted by atomic mass is 9.89. The molecule has 0 radical (unpaired) electrons. The summed E-state index contributed by atoms with van der Waals surface area (Å²) in [6, 6.07) is 0. The largest absolute Gasteiger partial charge is 0.379 e. The van der Waals surface area contributed by atoms with Gasteiger partial charge < -0.3 is 114 Å². The lowest BCUT2D eigenvalue weighted by Gasteiger charge is -2.20. The first-order valence-electron chi connectivity index (χ1n) is 48.7. The number of carbonyl (C=O) groups excluding carboxylic acids is 6. The van der Waals surface area contributed by atoms with Gasteiger partial charge in [0.05, 0.1) is 191 Å². The van der Waals surface area contributed by atoms with Gasteiger partial charge in [-0.15, -0.1) is 0 Å². The lowest BCUT2D eigenvalue weighted by molar-refractivity contribution is -0.128. The van der Waals surface area contributed by atoms with Crippen LogP contribution in [0.4, 0.5) is 0 Å². The summed E-state index contributed by atoms with van der Waals surface area (Å²) in [4.78, 5) is 69.9. The van der Waals surface area contributed by atoms with E-state index in [0.717, 1.165) is 84.6 Å². The summed E-state index contributed by atoms with van der Waals surface area (Å²) in [5, 5.41) is 29.8. The molecule has 0 aromatic rings. The van der Waals surface area contributed by atoms with Gasteiger partial charge in [-0.25, -0.2) is 0 Å². The molecular formula is C105H227N9O20. The molecule has 29 heteroatoms. The number of ketones is 6. The van der Waals surface area contributed by atoms with E-state index >= 15 is 0 Å². The zero-order valence-corrected chi connectivity index (χ0v) is 90.9. The third kappa shape index (κ3) is 131. The number of rotatable bonds is 70. The van der Waals surface area contributed by atoms with Crippen molar-refractivity contribution in [2.24, 2.45) is 32.5 Å². The monoisotopic (exact) mass is 1930 g/mol. The number of hydrogen-bond donors (Lipinski definition) is 9. The Hall–Kier alpha value is -2.90. The molecule has 134 heavy (non-hydrogen) atoms. The second-order valence-electron chi connectivity index (χ2n) is 44.9. The van der Waals surface area contributed by atoms with Crippen LogP contribution in [0.15, 0.2) is 0 Å². The number of ether oxygens (including phenoxy) is 14. The summed E-state index contributed by atoms with van der Waals surface area (Å²) in [7, 11) is 0. The van der Waals surface area contributed by atoms with Crippen molar-refractivity contribution in [3.05, 3.63) is 0 Å². The molecule has 0 heterocycles. The molecule has 9 N–H and O–H groups in total. The number of unbranched alkanes of at least 4 members (excludes halogenated alkanes) is 1. The predicted octanol–water partition coefficient (Wildman–Crippen LogP) is 16.2. The third-order valence-corrected chi connectivity index (χ3v) is 17.9. The molecule has 0 amide bonds. The smallest absolute Gasteiger partial charge is 0.151 e. The fraction of sp³-hybridized carbons (Fsp3) is 0.943. The summed E-state index contributed by atoms with van der Waals surface area (Å²) >= 11 is 0. The Morgan fingerprint density at radius 1 is 0.157 bits per heavy atom. The lowest BCUT2D eigenvalue weighted by Crippen LogP contribution is -2.38. The van der Waals surface area contributed by atoms with Crippen molar-refractivity contribution in [1.29, 1.82) is 0 Å². The minimum atomic E-state index is -0.288. The van der Waals surface area contributed by atoms with Crippen LogP contribution in [-0.2, 0) is 95.1 Å². The van der Waals surface area contributed by atoms with E-state index in [4.69, 9.17) is 66.3 Å². The summed E-state index contributed by atoms with van der Waals surface area (Å²) < 4.78 is 76.1. The van der Waals surface area contributed by atoms with Gasteiger partial charge in [-0.2, -0.15) is 0 Å². The highest BCUT2D eigenvalue weighted by molar-refractivity contribution is 5.87. The normalized spacial score (nSPS) is 12.3. The predicted molar refractivity (Wildman–Crippen MR) is 563 cm³/mol. The number of nitrogens with one attached hydrogen (secondary N) is 9. The second kappa shape index (κ2) is 87.9. The molecule has 0 aliphatic heterocycles. The average molecular weight is 1940 g/mol. The topological polar surface area (TPSA) is 340 Å². The molecule has 0 fully saturated rings. The number of Topliss-reactive ketones (excluding diaryl/α,β-unsaturated/α-hetero) is 6. The van der Waals surface area contributed by atoms with Crippen LogP contribution >= 0.6 is 0 Å². The van der Waals surface area contributed by atoms with Crippen molar-refractivity contribution in [2.75, 3.05) is 264 Å². The molecular weight excluding hydrogens is 1710 g/mol. The van der Waals surface area contributed by atoms with Crippen LogP contribution in [0.25, 0.3) is 0 Å². The molecule has 29 nitrogen and oxygen atoms in total. The summed E-state index contributed by atoms with van der Waals surface area (Å²) in [5.41, 5.74) is -0.699. The van der Waals surface area contributed by atoms with Crippen molar-refractivity contribution in [3.8, 4) is 0 Å². The minimum Gasteiger partial charge on any atom is -0.379 e. The van der Waals surface area contributed by atoms with Gasteiger partial charge in [-0.3, -0.25) is 28.8 Å². The quantitative estimate of drug-likeness (QED) is 0.0255. The Morgan fingerprint density at radius 3 is 0.500 bits per heavy atom. The van der Waals surface area contributed by atoms with E-state index in [1.54, 1.807) is 0 Å². The molecule has 0 aromatic carbocycles. The number of hydrogen-bond acceptors (Lipinski definition) is 29. The van der Waals surface area contributed by atoms with E-state index in [1.165, 1.54) is 0 Å². The first-order valence-corrected chi connectivity index (χ1v) is 48.7. The maximum atomic E-state index is 11.7. The van der Waals surface area contributed by atoms with Crippen LogP contribution in [0.5, 0.6) is 0 Å². The summed E-state index contributed by atoms with van der Waals surface area (Å²) in [5.74, 6) is 1.42. The number of carbonyl (C=O) groups is 6. The Morgan fingerprint density at radius 2 is 0.299 bits per heavy atom. The van der Waals surface area contributed by atoms with Crippen LogP contribution in [0.1, 0.15) is 324 Å². The van der Waals surface area contributed by atoms with Gasteiger partial charge in [0.1, 0.15) is 17.3 Å². The van der Waals surface area contributed by atoms with Crippen molar-refractivity contribution >= 4 is 34.7 Å². The van der Waals surface area contributed by atoms with Crippen molar-refractivity contribution < 1.29 is 95.1 Å². The van der Waals surface area contributed by atoms with Crippen LogP contribution in [0.2, 0.25) is 0 Å². The molecule has 0 unspecified atom stereocenters. The fourth-order valence-electron chi connectivity index (χ4n) is 9.42. The van der Waals surface area contributed by atoms with E-state index in [1.807, 2.05) is 125 Å². The van der Waals surface area contributed by atoms with Gasteiger partial charge in [-0.05, 0) is 176 Å². The minimum absolute atomic E-state index is 0. The highest BCUT2D eigenvalue weighted by atomic mass is 16.6. The van der Waals surface area contributed by atoms with E-state index in [0.29, 0.717) is 224 Å². The Kier molecular flexibility index (Phi) is 99.2. The molecule has 0 saturated carbocycles. The molecule has 0 rings (SSSR count). The molecule has 0 aliphatic rings. The molecule has 0 spiro atoms. The van der Waals surface area contributed by atoms with Gasteiger partial charge >= 0.3 is 0 Å². The first kappa shape index (κ1) is 151. The zero-order valence-electron chi connectivity index (χ0n) is 90.9. The van der Waals surface area contributed by atoms with E-state index in [2.05, 4.69) is 172 Å². The van der Waals surface area contributed by atoms with Crippen molar-refractivity contribution in [1.82, 2.24) is 47.9 Å². The molecule has 0 aromatic heterocycles. The molecule has 0 aliphatic carbocycles. The summed E-state index contributed by atoms with van der Waals surface area (Å²) in [6.45, 7) is 98.9. The molecule has 0 bridgehead atoms. The van der Waals surface area contributed by atoms with Gasteiger partial charge in [0.25, 0.3) is 0 Å².